The third kappa shape index (κ3) is 4.88. The number of carbonyl (C=O) groups excluding carboxylic acids is 1. The Balaban J connectivity index is 1.36. The number of para-hydroxylation sites is 2. The second-order valence-electron chi connectivity index (χ2n) is 8.16. The van der Waals surface area contributed by atoms with Gasteiger partial charge in [0.05, 0.1) is 12.4 Å². The number of anilines is 1. The zero-order chi connectivity index (χ0) is 24.2. The molecule has 8 heteroatoms. The molecular formula is C27H26N4O3S. The Bertz CT molecular complexity index is 1310. The topological polar surface area (TPSA) is 69.5 Å². The van der Waals surface area contributed by atoms with Crippen molar-refractivity contribution in [3.05, 3.63) is 90.3 Å². The lowest BCUT2D eigenvalue weighted by molar-refractivity contribution is -0.117. The van der Waals surface area contributed by atoms with Gasteiger partial charge < -0.3 is 14.4 Å². The Hall–Kier alpha value is -3.78. The molecule has 0 saturated carbocycles. The predicted molar refractivity (Wildman–Crippen MR) is 137 cm³/mol. The van der Waals surface area contributed by atoms with Gasteiger partial charge in [-0.1, -0.05) is 48.2 Å². The van der Waals surface area contributed by atoms with Gasteiger partial charge in [0.15, 0.2) is 11.0 Å². The number of aromatic nitrogens is 3. The number of benzene rings is 3. The van der Waals surface area contributed by atoms with Crippen molar-refractivity contribution < 1.29 is 14.3 Å². The van der Waals surface area contributed by atoms with E-state index in [2.05, 4.69) is 16.3 Å². The van der Waals surface area contributed by atoms with Crippen molar-refractivity contribution in [1.82, 2.24) is 14.8 Å². The van der Waals surface area contributed by atoms with E-state index in [1.165, 1.54) is 17.3 Å². The van der Waals surface area contributed by atoms with Crippen molar-refractivity contribution in [2.45, 2.75) is 30.4 Å². The van der Waals surface area contributed by atoms with Crippen LogP contribution in [0.2, 0.25) is 0 Å². The standard InChI is InChI=1S/C27H26N4O3S/c1-19(26(32)30-17-16-20-8-6-7-11-24(20)30)35-27-29-28-25(31(27)21-9-4-3-5-10-21)18-34-23-14-12-22(33-2)13-15-23/h3-15,19H,16-18H2,1-2H3. The van der Waals surface area contributed by atoms with Gasteiger partial charge in [-0.15, -0.1) is 10.2 Å². The summed E-state index contributed by atoms with van der Waals surface area (Å²) in [6.45, 7) is 2.86. The molecule has 1 aliphatic rings. The Morgan fingerprint density at radius 1 is 0.971 bits per heavy atom. The van der Waals surface area contributed by atoms with E-state index in [4.69, 9.17) is 9.47 Å². The number of carbonyl (C=O) groups is 1. The fourth-order valence-electron chi connectivity index (χ4n) is 4.12. The van der Waals surface area contributed by atoms with Gasteiger partial charge in [-0.05, 0) is 61.4 Å². The van der Waals surface area contributed by atoms with E-state index in [-0.39, 0.29) is 17.8 Å². The number of hydrogen-bond acceptors (Lipinski definition) is 6. The summed E-state index contributed by atoms with van der Waals surface area (Å²) in [6.07, 6.45) is 0.881. The zero-order valence-electron chi connectivity index (χ0n) is 19.6. The van der Waals surface area contributed by atoms with Crippen molar-refractivity contribution in [1.29, 1.82) is 0 Å². The zero-order valence-corrected chi connectivity index (χ0v) is 20.4. The van der Waals surface area contributed by atoms with Crippen molar-refractivity contribution >= 4 is 23.4 Å². The van der Waals surface area contributed by atoms with Gasteiger partial charge in [-0.25, -0.2) is 0 Å². The average Bonchev–Trinajstić information content (AvgIpc) is 3.52. The molecule has 3 aromatic carbocycles. The summed E-state index contributed by atoms with van der Waals surface area (Å²) in [4.78, 5) is 15.2. The summed E-state index contributed by atoms with van der Waals surface area (Å²) in [5, 5.41) is 9.16. The largest absolute Gasteiger partial charge is 0.497 e. The maximum Gasteiger partial charge on any atom is 0.240 e. The second-order valence-corrected chi connectivity index (χ2v) is 9.47. The van der Waals surface area contributed by atoms with Crippen molar-refractivity contribution in [2.24, 2.45) is 0 Å². The minimum Gasteiger partial charge on any atom is -0.497 e. The molecule has 35 heavy (non-hydrogen) atoms. The minimum absolute atomic E-state index is 0.0681. The molecule has 1 aromatic heterocycles. The van der Waals surface area contributed by atoms with Crippen LogP contribution in [0.25, 0.3) is 5.69 Å². The molecule has 0 fully saturated rings. The number of hydrogen-bond donors (Lipinski definition) is 0. The van der Waals surface area contributed by atoms with Crippen LogP contribution >= 0.6 is 11.8 Å². The number of rotatable bonds is 8. The van der Waals surface area contributed by atoms with Gasteiger partial charge in [-0.2, -0.15) is 0 Å². The van der Waals surface area contributed by atoms with Crippen LogP contribution in [0.15, 0.2) is 84.0 Å². The maximum atomic E-state index is 13.3. The highest BCUT2D eigenvalue weighted by atomic mass is 32.2. The van der Waals surface area contributed by atoms with Gasteiger partial charge in [0.2, 0.25) is 5.91 Å². The van der Waals surface area contributed by atoms with Crippen LogP contribution in [0.4, 0.5) is 5.69 Å². The molecule has 1 aliphatic heterocycles. The van der Waals surface area contributed by atoms with Gasteiger partial charge in [-0.3, -0.25) is 9.36 Å². The average molecular weight is 487 g/mol. The Morgan fingerprint density at radius 2 is 1.69 bits per heavy atom. The fraction of sp³-hybridized carbons (Fsp3) is 0.222. The highest BCUT2D eigenvalue weighted by Crippen LogP contribution is 2.32. The molecule has 7 nitrogen and oxygen atoms in total. The summed E-state index contributed by atoms with van der Waals surface area (Å²) < 4.78 is 13.1. The van der Waals surface area contributed by atoms with Crippen LogP contribution in [-0.4, -0.2) is 39.6 Å². The molecule has 1 atom stereocenters. The van der Waals surface area contributed by atoms with Gasteiger partial charge in [0.25, 0.3) is 0 Å². The summed E-state index contributed by atoms with van der Waals surface area (Å²) in [6, 6.07) is 25.4. The van der Waals surface area contributed by atoms with E-state index >= 15 is 0 Å². The van der Waals surface area contributed by atoms with Crippen LogP contribution in [0.1, 0.15) is 18.3 Å². The van der Waals surface area contributed by atoms with Gasteiger partial charge >= 0.3 is 0 Å². The van der Waals surface area contributed by atoms with E-state index in [0.29, 0.717) is 23.3 Å². The summed E-state index contributed by atoms with van der Waals surface area (Å²) in [5.74, 6) is 2.20. The normalized spacial score (nSPS) is 13.4. The van der Waals surface area contributed by atoms with E-state index in [9.17, 15) is 4.79 Å². The summed E-state index contributed by atoms with van der Waals surface area (Å²) in [5.41, 5.74) is 3.13. The van der Waals surface area contributed by atoms with Crippen LogP contribution in [0, 0.1) is 0 Å². The first-order valence-corrected chi connectivity index (χ1v) is 12.3. The monoisotopic (exact) mass is 486 g/mol. The fourth-order valence-corrected chi connectivity index (χ4v) is 5.07. The van der Waals surface area contributed by atoms with Gasteiger partial charge in [0, 0.05) is 17.9 Å². The lowest BCUT2D eigenvalue weighted by Gasteiger charge is -2.21. The second kappa shape index (κ2) is 10.2. The maximum absolute atomic E-state index is 13.3. The highest BCUT2D eigenvalue weighted by molar-refractivity contribution is 8.00. The van der Waals surface area contributed by atoms with Crippen molar-refractivity contribution in [3.63, 3.8) is 0 Å². The number of nitrogens with zero attached hydrogens (tertiary/aromatic N) is 4. The van der Waals surface area contributed by atoms with Crippen molar-refractivity contribution in [3.8, 4) is 17.2 Å². The number of ether oxygens (including phenoxy) is 2. The molecular weight excluding hydrogens is 460 g/mol. The predicted octanol–water partition coefficient (Wildman–Crippen LogP) is 4.92. The Morgan fingerprint density at radius 3 is 2.46 bits per heavy atom. The van der Waals surface area contributed by atoms with Crippen LogP contribution in [0.3, 0.4) is 0 Å². The highest BCUT2D eigenvalue weighted by Gasteiger charge is 2.30. The Kier molecular flexibility index (Phi) is 6.72. The quantitative estimate of drug-likeness (QED) is 0.329. The summed E-state index contributed by atoms with van der Waals surface area (Å²) in [7, 11) is 1.63. The molecule has 178 valence electrons. The van der Waals surface area contributed by atoms with Crippen molar-refractivity contribution in [2.75, 3.05) is 18.6 Å². The van der Waals surface area contributed by atoms with Gasteiger partial charge in [0.1, 0.15) is 18.1 Å². The number of thioether (sulfide) groups is 1. The summed E-state index contributed by atoms with van der Waals surface area (Å²) >= 11 is 1.41. The molecule has 0 spiro atoms. The third-order valence-electron chi connectivity index (χ3n) is 5.93. The lowest BCUT2D eigenvalue weighted by atomic mass is 10.2. The van der Waals surface area contributed by atoms with Crippen LogP contribution in [0.5, 0.6) is 11.5 Å². The molecule has 0 saturated heterocycles. The SMILES string of the molecule is COc1ccc(OCc2nnc(SC(C)C(=O)N3CCc4ccccc43)n2-c2ccccc2)cc1. The van der Waals surface area contributed by atoms with Crippen LogP contribution in [-0.2, 0) is 17.8 Å². The van der Waals surface area contributed by atoms with E-state index in [0.717, 1.165) is 23.5 Å². The van der Waals surface area contributed by atoms with E-state index in [1.54, 1.807) is 7.11 Å². The first-order chi connectivity index (χ1) is 17.1. The molecule has 1 amide bonds. The molecule has 2 heterocycles. The molecule has 4 aromatic rings. The molecule has 0 N–H and O–H groups in total. The first-order valence-electron chi connectivity index (χ1n) is 11.5. The molecule has 0 bridgehead atoms. The van der Waals surface area contributed by atoms with E-state index < -0.39 is 0 Å². The van der Waals surface area contributed by atoms with E-state index in [1.807, 2.05) is 89.2 Å². The molecule has 1 unspecified atom stereocenters. The number of amides is 1. The smallest absolute Gasteiger partial charge is 0.240 e. The minimum atomic E-state index is -0.330. The molecule has 5 rings (SSSR count). The first kappa shape index (κ1) is 23.0. The number of methoxy groups -OCH3 is 1. The number of fused-ring (bicyclic) bond motifs is 1. The molecule has 0 radical (unpaired) electrons. The van der Waals surface area contributed by atoms with Crippen LogP contribution < -0.4 is 14.4 Å². The Labute approximate surface area is 208 Å². The molecule has 0 aliphatic carbocycles. The third-order valence-corrected chi connectivity index (χ3v) is 6.96. The lowest BCUT2D eigenvalue weighted by Crippen LogP contribution is -2.35.